The predicted octanol–water partition coefficient (Wildman–Crippen LogP) is 3.88. The number of benzene rings is 2. The Morgan fingerprint density at radius 1 is 1.06 bits per heavy atom. The van der Waals surface area contributed by atoms with Crippen LogP contribution >= 0.6 is 0 Å². The Hall–Kier alpha value is -3.41. The first-order valence-electron chi connectivity index (χ1n) is 10.6. The van der Waals surface area contributed by atoms with Crippen molar-refractivity contribution >= 4 is 11.9 Å². The molecule has 2 aromatic carbocycles. The number of ether oxygens (including phenoxy) is 1. The minimum absolute atomic E-state index is 0.000252. The van der Waals surface area contributed by atoms with Gasteiger partial charge in [-0.05, 0) is 62.6 Å². The van der Waals surface area contributed by atoms with Crippen LogP contribution in [0.1, 0.15) is 46.6 Å². The Morgan fingerprint density at radius 2 is 1.77 bits per heavy atom. The molecule has 0 spiro atoms. The van der Waals surface area contributed by atoms with Crippen LogP contribution in [0.3, 0.4) is 0 Å². The number of amides is 1. The lowest BCUT2D eigenvalue weighted by Crippen LogP contribution is -2.46. The molecule has 0 saturated heterocycles. The number of hydrogen-bond acceptors (Lipinski definition) is 4. The van der Waals surface area contributed by atoms with Gasteiger partial charge in [0.2, 0.25) is 0 Å². The van der Waals surface area contributed by atoms with Crippen LogP contribution in [-0.2, 0) is 14.9 Å². The van der Waals surface area contributed by atoms with Crippen molar-refractivity contribution in [3.8, 4) is 5.69 Å². The van der Waals surface area contributed by atoms with Crippen LogP contribution in [0, 0.1) is 13.8 Å². The van der Waals surface area contributed by atoms with Crippen LogP contribution < -0.4 is 5.32 Å². The van der Waals surface area contributed by atoms with Gasteiger partial charge < -0.3 is 10.1 Å². The van der Waals surface area contributed by atoms with E-state index in [0.29, 0.717) is 12.1 Å². The molecule has 3 aromatic rings. The van der Waals surface area contributed by atoms with Crippen molar-refractivity contribution in [1.82, 2.24) is 15.1 Å². The summed E-state index contributed by atoms with van der Waals surface area (Å²) in [5.74, 6) is -0.800. The van der Waals surface area contributed by atoms with Gasteiger partial charge in [-0.25, -0.2) is 9.48 Å². The fourth-order valence-electron chi connectivity index (χ4n) is 4.13. The molecule has 1 aliphatic carbocycles. The van der Waals surface area contributed by atoms with E-state index in [1.54, 1.807) is 12.1 Å². The highest BCUT2D eigenvalue weighted by molar-refractivity contribution is 5.91. The fourth-order valence-corrected chi connectivity index (χ4v) is 4.13. The van der Waals surface area contributed by atoms with Gasteiger partial charge in [0.05, 0.1) is 16.9 Å². The summed E-state index contributed by atoms with van der Waals surface area (Å²) in [6, 6.07) is 19.3. The summed E-state index contributed by atoms with van der Waals surface area (Å²) in [4.78, 5) is 24.6. The molecule has 1 heterocycles. The SMILES string of the molecule is Cc1cc(C)n(-c2ccc(C(=O)OCC(=O)NCC3(c4ccccc4)CCC3)cc2)n1. The van der Waals surface area contributed by atoms with E-state index >= 15 is 0 Å². The lowest BCUT2D eigenvalue weighted by Gasteiger charge is -2.42. The van der Waals surface area contributed by atoms with E-state index in [1.807, 2.05) is 54.9 Å². The number of carbonyl (C=O) groups excluding carboxylic acids is 2. The molecule has 1 saturated carbocycles. The van der Waals surface area contributed by atoms with E-state index in [2.05, 4.69) is 22.5 Å². The van der Waals surface area contributed by atoms with Crippen LogP contribution in [0.4, 0.5) is 0 Å². The van der Waals surface area contributed by atoms with E-state index in [1.165, 1.54) is 5.56 Å². The van der Waals surface area contributed by atoms with Crippen LogP contribution in [0.25, 0.3) is 5.69 Å². The van der Waals surface area contributed by atoms with E-state index < -0.39 is 5.97 Å². The molecule has 1 aromatic heterocycles. The normalized spacial score (nSPS) is 14.5. The zero-order chi connectivity index (χ0) is 21.8. The Labute approximate surface area is 182 Å². The number of nitrogens with one attached hydrogen (secondary N) is 1. The molecule has 6 heteroatoms. The second kappa shape index (κ2) is 8.76. The third kappa shape index (κ3) is 4.53. The van der Waals surface area contributed by atoms with Gasteiger partial charge >= 0.3 is 5.97 Å². The highest BCUT2D eigenvalue weighted by atomic mass is 16.5. The number of aromatic nitrogens is 2. The lowest BCUT2D eigenvalue weighted by atomic mass is 9.64. The highest BCUT2D eigenvalue weighted by Crippen LogP contribution is 2.43. The van der Waals surface area contributed by atoms with Gasteiger partial charge in [-0.1, -0.05) is 36.8 Å². The molecular weight excluding hydrogens is 390 g/mol. The maximum atomic E-state index is 12.3. The van der Waals surface area contributed by atoms with Gasteiger partial charge in [0, 0.05) is 17.7 Å². The smallest absolute Gasteiger partial charge is 0.338 e. The summed E-state index contributed by atoms with van der Waals surface area (Å²) in [5, 5.41) is 7.38. The molecule has 4 rings (SSSR count). The first kappa shape index (κ1) is 20.8. The minimum atomic E-state index is -0.517. The number of aryl methyl sites for hydroxylation is 2. The first-order valence-corrected chi connectivity index (χ1v) is 10.6. The average molecular weight is 418 g/mol. The van der Waals surface area contributed by atoms with Gasteiger partial charge in [-0.3, -0.25) is 4.79 Å². The molecule has 1 N–H and O–H groups in total. The number of esters is 1. The molecule has 1 fully saturated rings. The van der Waals surface area contributed by atoms with Gasteiger partial charge in [-0.15, -0.1) is 0 Å². The van der Waals surface area contributed by atoms with Crippen molar-refractivity contribution < 1.29 is 14.3 Å². The van der Waals surface area contributed by atoms with Crippen molar-refractivity contribution in [3.63, 3.8) is 0 Å². The van der Waals surface area contributed by atoms with Gasteiger partial charge in [0.1, 0.15) is 0 Å². The molecule has 1 amide bonds. The molecule has 0 atom stereocenters. The molecule has 31 heavy (non-hydrogen) atoms. The third-order valence-corrected chi connectivity index (χ3v) is 6.01. The topological polar surface area (TPSA) is 73.2 Å². The number of hydrogen-bond donors (Lipinski definition) is 1. The number of nitrogens with zero attached hydrogens (tertiary/aromatic N) is 2. The lowest BCUT2D eigenvalue weighted by molar-refractivity contribution is -0.124. The molecule has 0 bridgehead atoms. The Morgan fingerprint density at radius 3 is 2.35 bits per heavy atom. The second-order valence-corrected chi connectivity index (χ2v) is 8.24. The summed E-state index contributed by atoms with van der Waals surface area (Å²) < 4.78 is 7.03. The second-order valence-electron chi connectivity index (χ2n) is 8.24. The summed E-state index contributed by atoms with van der Waals surface area (Å²) in [6.45, 7) is 4.19. The maximum absolute atomic E-state index is 12.3. The van der Waals surface area contributed by atoms with Gasteiger partial charge in [0.15, 0.2) is 6.61 Å². The Bertz CT molecular complexity index is 1070. The van der Waals surface area contributed by atoms with E-state index in [-0.39, 0.29) is 17.9 Å². The quantitative estimate of drug-likeness (QED) is 0.592. The van der Waals surface area contributed by atoms with Crippen molar-refractivity contribution in [3.05, 3.63) is 83.2 Å². The fraction of sp³-hybridized carbons (Fsp3) is 0.320. The number of rotatable bonds is 7. The summed E-state index contributed by atoms with van der Waals surface area (Å²) >= 11 is 0. The van der Waals surface area contributed by atoms with Crippen LogP contribution in [-0.4, -0.2) is 34.8 Å². The maximum Gasteiger partial charge on any atom is 0.338 e. The van der Waals surface area contributed by atoms with Crippen LogP contribution in [0.15, 0.2) is 60.7 Å². The largest absolute Gasteiger partial charge is 0.452 e. The minimum Gasteiger partial charge on any atom is -0.452 e. The highest BCUT2D eigenvalue weighted by Gasteiger charge is 2.38. The molecule has 6 nitrogen and oxygen atoms in total. The van der Waals surface area contributed by atoms with Crippen LogP contribution in [0.5, 0.6) is 0 Å². The molecular formula is C25H27N3O3. The zero-order valence-corrected chi connectivity index (χ0v) is 17.9. The molecule has 0 radical (unpaired) electrons. The third-order valence-electron chi connectivity index (χ3n) is 6.01. The summed E-state index contributed by atoms with van der Waals surface area (Å²) in [5.41, 5.74) is 4.47. The zero-order valence-electron chi connectivity index (χ0n) is 17.9. The first-order chi connectivity index (χ1) is 15.0. The van der Waals surface area contributed by atoms with E-state index in [0.717, 1.165) is 36.3 Å². The summed E-state index contributed by atoms with van der Waals surface area (Å²) in [6.07, 6.45) is 3.27. The van der Waals surface area contributed by atoms with Crippen molar-refractivity contribution in [1.29, 1.82) is 0 Å². The number of carbonyl (C=O) groups is 2. The Balaban J connectivity index is 1.29. The standard InChI is InChI=1S/C25H27N3O3/c1-18-15-19(2)28(27-18)22-11-9-20(10-12-22)24(30)31-16-23(29)26-17-25(13-6-14-25)21-7-4-3-5-8-21/h3-5,7-12,15H,6,13-14,16-17H2,1-2H3,(H,26,29). The Kier molecular flexibility index (Phi) is 5.89. The van der Waals surface area contributed by atoms with Crippen molar-refractivity contribution in [2.75, 3.05) is 13.2 Å². The summed E-state index contributed by atoms with van der Waals surface area (Å²) in [7, 11) is 0. The molecule has 160 valence electrons. The van der Waals surface area contributed by atoms with Crippen molar-refractivity contribution in [2.24, 2.45) is 0 Å². The van der Waals surface area contributed by atoms with E-state index in [9.17, 15) is 9.59 Å². The molecule has 0 aliphatic heterocycles. The van der Waals surface area contributed by atoms with Gasteiger partial charge in [0.25, 0.3) is 5.91 Å². The van der Waals surface area contributed by atoms with Crippen molar-refractivity contribution in [2.45, 2.75) is 38.5 Å². The molecule has 0 unspecified atom stereocenters. The monoisotopic (exact) mass is 417 g/mol. The van der Waals surface area contributed by atoms with Crippen LogP contribution in [0.2, 0.25) is 0 Å². The van der Waals surface area contributed by atoms with Gasteiger partial charge in [-0.2, -0.15) is 5.10 Å². The molecule has 1 aliphatic rings. The van der Waals surface area contributed by atoms with E-state index in [4.69, 9.17) is 4.74 Å². The predicted molar refractivity (Wildman–Crippen MR) is 118 cm³/mol. The average Bonchev–Trinajstić information content (AvgIpc) is 3.10.